The van der Waals surface area contributed by atoms with Crippen LogP contribution in [0.2, 0.25) is 0 Å². The van der Waals surface area contributed by atoms with Crippen molar-refractivity contribution in [3.8, 4) is 0 Å². The number of hydrogen-bond donors (Lipinski definition) is 4. The van der Waals surface area contributed by atoms with Gasteiger partial charge in [0.2, 0.25) is 0 Å². The first kappa shape index (κ1) is 21.6. The molecule has 20 heavy (non-hydrogen) atoms. The highest BCUT2D eigenvalue weighted by Gasteiger charge is 2.06. The van der Waals surface area contributed by atoms with Crippen LogP contribution in [0, 0.1) is 0 Å². The Hall–Kier alpha value is -0.730. The van der Waals surface area contributed by atoms with E-state index in [4.69, 9.17) is 31.8 Å². The average molecular weight is 293 g/mol. The summed E-state index contributed by atoms with van der Waals surface area (Å²) in [7, 11) is 0. The van der Waals surface area contributed by atoms with Crippen LogP contribution in [0.15, 0.2) is 0 Å². The van der Waals surface area contributed by atoms with E-state index >= 15 is 0 Å². The van der Waals surface area contributed by atoms with Crippen LogP contribution in [0.4, 0.5) is 0 Å². The fourth-order valence-electron chi connectivity index (χ4n) is 0.991. The molecule has 0 fully saturated rings. The molecule has 1 unspecified atom stereocenters. The van der Waals surface area contributed by atoms with Crippen molar-refractivity contribution in [2.75, 3.05) is 39.5 Å². The maximum absolute atomic E-state index is 10.6. The molecule has 7 N–H and O–H groups in total. The van der Waals surface area contributed by atoms with Crippen molar-refractivity contribution in [1.29, 1.82) is 0 Å². The molecule has 0 aliphatic rings. The van der Waals surface area contributed by atoms with Crippen molar-refractivity contribution in [3.63, 3.8) is 0 Å². The summed E-state index contributed by atoms with van der Waals surface area (Å²) in [6.45, 7) is 4.95. The van der Waals surface area contributed by atoms with Crippen LogP contribution in [0.3, 0.4) is 0 Å². The molecule has 0 aliphatic heterocycles. The Kier molecular flexibility index (Phi) is 19.7. The van der Waals surface area contributed by atoms with Crippen LogP contribution in [0.25, 0.3) is 0 Å². The molecule has 0 aliphatic carbocycles. The Morgan fingerprint density at radius 2 is 1.60 bits per heavy atom. The minimum Gasteiger partial charge on any atom is -0.464 e. The molecule has 0 aromatic rings. The first-order valence-electron chi connectivity index (χ1n) is 7.11. The highest BCUT2D eigenvalue weighted by atomic mass is 16.5. The molecular formula is C13H31N3O4. The first-order chi connectivity index (χ1) is 9.59. The van der Waals surface area contributed by atoms with Gasteiger partial charge in [0.05, 0.1) is 6.61 Å². The number of esters is 1. The van der Waals surface area contributed by atoms with E-state index in [0.717, 1.165) is 32.5 Å². The topological polar surface area (TPSA) is 134 Å². The first-order valence-corrected chi connectivity index (χ1v) is 7.11. The number of nitrogens with two attached hydrogens (primary N) is 3. The molecule has 0 aromatic carbocycles. The maximum atomic E-state index is 10.6. The van der Waals surface area contributed by atoms with Gasteiger partial charge in [-0.3, -0.25) is 4.79 Å². The highest BCUT2D eigenvalue weighted by molar-refractivity contribution is 5.74. The summed E-state index contributed by atoms with van der Waals surface area (Å²) < 4.78 is 9.88. The third kappa shape index (κ3) is 19.6. The summed E-state index contributed by atoms with van der Waals surface area (Å²) in [4.78, 5) is 10.6. The van der Waals surface area contributed by atoms with Gasteiger partial charge in [0, 0.05) is 19.8 Å². The van der Waals surface area contributed by atoms with Gasteiger partial charge in [-0.1, -0.05) is 0 Å². The summed E-state index contributed by atoms with van der Waals surface area (Å²) in [6, 6.07) is -0.530. The van der Waals surface area contributed by atoms with Gasteiger partial charge in [-0.15, -0.1) is 0 Å². The summed E-state index contributed by atoms with van der Waals surface area (Å²) in [5, 5.41) is 8.39. The molecule has 7 heteroatoms. The number of rotatable bonds is 11. The van der Waals surface area contributed by atoms with Crippen molar-refractivity contribution < 1.29 is 19.4 Å². The predicted octanol–water partition coefficient (Wildman–Crippen LogP) is -0.650. The number of hydrogen-bond acceptors (Lipinski definition) is 7. The molecule has 0 spiro atoms. The highest BCUT2D eigenvalue weighted by Crippen LogP contribution is 1.89. The monoisotopic (exact) mass is 293 g/mol. The molecule has 0 saturated heterocycles. The Morgan fingerprint density at radius 3 is 2.10 bits per heavy atom. The molecule has 0 aromatic heterocycles. The second kappa shape index (κ2) is 18.3. The number of ether oxygens (including phenoxy) is 2. The lowest BCUT2D eigenvalue weighted by atomic mass is 10.3. The van der Waals surface area contributed by atoms with Gasteiger partial charge in [0.25, 0.3) is 0 Å². The van der Waals surface area contributed by atoms with Crippen LogP contribution in [-0.2, 0) is 14.3 Å². The predicted molar refractivity (Wildman–Crippen MR) is 79.1 cm³/mol. The zero-order valence-corrected chi connectivity index (χ0v) is 12.6. The lowest BCUT2D eigenvalue weighted by Crippen LogP contribution is -2.29. The smallest absolute Gasteiger partial charge is 0.322 e. The largest absolute Gasteiger partial charge is 0.464 e. The van der Waals surface area contributed by atoms with Gasteiger partial charge < -0.3 is 31.8 Å². The molecule has 0 radical (unpaired) electrons. The Bertz CT molecular complexity index is 196. The van der Waals surface area contributed by atoms with E-state index in [1.807, 2.05) is 0 Å². The molecular weight excluding hydrogens is 262 g/mol. The summed E-state index contributed by atoms with van der Waals surface area (Å²) in [5.41, 5.74) is 15.6. The minimum atomic E-state index is -0.530. The van der Waals surface area contributed by atoms with Crippen molar-refractivity contribution in [2.45, 2.75) is 38.6 Å². The standard InChI is InChI=1S/C7H17NO2.C6H14N2O2/c8-4-3-7-10-6-2-1-5-9;1-5(8)6(9)10-4-2-3-7/h9H,1-8H2;5H,2-4,7-8H2,1H3. The van der Waals surface area contributed by atoms with E-state index in [1.54, 1.807) is 6.92 Å². The van der Waals surface area contributed by atoms with Gasteiger partial charge in [-0.25, -0.2) is 0 Å². The maximum Gasteiger partial charge on any atom is 0.322 e. The Balaban J connectivity index is 0. The summed E-state index contributed by atoms with van der Waals surface area (Å²) >= 11 is 0. The van der Waals surface area contributed by atoms with Gasteiger partial charge in [0.1, 0.15) is 6.04 Å². The van der Waals surface area contributed by atoms with Gasteiger partial charge in [-0.2, -0.15) is 0 Å². The summed E-state index contributed by atoms with van der Waals surface area (Å²) in [6.07, 6.45) is 3.40. The number of carbonyl (C=O) groups is 1. The van der Waals surface area contributed by atoms with Crippen LogP contribution < -0.4 is 17.2 Å². The quantitative estimate of drug-likeness (QED) is 0.294. The normalized spacial score (nSPS) is 11.4. The van der Waals surface area contributed by atoms with Crippen molar-refractivity contribution >= 4 is 5.97 Å². The number of aliphatic hydroxyl groups excluding tert-OH is 1. The Morgan fingerprint density at radius 1 is 1.05 bits per heavy atom. The van der Waals surface area contributed by atoms with E-state index in [2.05, 4.69) is 0 Å². The van der Waals surface area contributed by atoms with E-state index < -0.39 is 6.04 Å². The molecule has 0 bridgehead atoms. The van der Waals surface area contributed by atoms with Crippen LogP contribution in [0.1, 0.15) is 32.6 Å². The fraction of sp³-hybridized carbons (Fsp3) is 0.923. The lowest BCUT2D eigenvalue weighted by molar-refractivity contribution is -0.144. The lowest BCUT2D eigenvalue weighted by Gasteiger charge is -2.04. The van der Waals surface area contributed by atoms with E-state index in [0.29, 0.717) is 26.1 Å². The second-order valence-electron chi connectivity index (χ2n) is 4.28. The number of aliphatic hydroxyl groups is 1. The number of carbonyl (C=O) groups excluding carboxylic acids is 1. The SMILES string of the molecule is CC(N)C(=O)OCCCN.NCCCOCCCCO. The van der Waals surface area contributed by atoms with Gasteiger partial charge >= 0.3 is 5.97 Å². The van der Waals surface area contributed by atoms with E-state index in [1.165, 1.54) is 0 Å². The zero-order valence-electron chi connectivity index (χ0n) is 12.6. The minimum absolute atomic E-state index is 0.264. The molecule has 0 rings (SSSR count). The zero-order chi connectivity index (χ0) is 15.6. The van der Waals surface area contributed by atoms with E-state index in [9.17, 15) is 4.79 Å². The van der Waals surface area contributed by atoms with Crippen LogP contribution in [0.5, 0.6) is 0 Å². The molecule has 0 saturated carbocycles. The molecule has 122 valence electrons. The Labute approximate surface area is 121 Å². The van der Waals surface area contributed by atoms with E-state index in [-0.39, 0.29) is 12.6 Å². The summed E-state index contributed by atoms with van der Waals surface area (Å²) in [5.74, 6) is -0.367. The van der Waals surface area contributed by atoms with Gasteiger partial charge in [0.15, 0.2) is 0 Å². The molecule has 0 amide bonds. The average Bonchev–Trinajstić information content (AvgIpc) is 2.43. The van der Waals surface area contributed by atoms with Crippen molar-refractivity contribution in [1.82, 2.24) is 0 Å². The second-order valence-corrected chi connectivity index (χ2v) is 4.28. The van der Waals surface area contributed by atoms with Crippen molar-refractivity contribution in [2.24, 2.45) is 17.2 Å². The molecule has 7 nitrogen and oxygen atoms in total. The van der Waals surface area contributed by atoms with Crippen LogP contribution >= 0.6 is 0 Å². The fourth-order valence-corrected chi connectivity index (χ4v) is 0.991. The third-order valence-electron chi connectivity index (χ3n) is 2.15. The third-order valence-corrected chi connectivity index (χ3v) is 2.15. The molecule has 0 heterocycles. The molecule has 1 atom stereocenters. The number of unbranched alkanes of at least 4 members (excludes halogenated alkanes) is 1. The van der Waals surface area contributed by atoms with Crippen LogP contribution in [-0.4, -0.2) is 56.6 Å². The van der Waals surface area contributed by atoms with Gasteiger partial charge in [-0.05, 0) is 45.7 Å². The van der Waals surface area contributed by atoms with Crippen molar-refractivity contribution in [3.05, 3.63) is 0 Å².